The van der Waals surface area contributed by atoms with E-state index in [9.17, 15) is 4.79 Å². The van der Waals surface area contributed by atoms with Crippen molar-refractivity contribution in [2.75, 3.05) is 0 Å². The van der Waals surface area contributed by atoms with Crippen LogP contribution in [0.4, 0.5) is 0 Å². The number of hydrogen-bond acceptors (Lipinski definition) is 6. The van der Waals surface area contributed by atoms with E-state index in [1.165, 1.54) is 5.38 Å². The van der Waals surface area contributed by atoms with Gasteiger partial charge in [0.2, 0.25) is 0 Å². The van der Waals surface area contributed by atoms with Crippen LogP contribution in [0.5, 0.6) is 0 Å². The van der Waals surface area contributed by atoms with Crippen molar-refractivity contribution in [3.05, 3.63) is 11.1 Å². The molecule has 0 fully saturated rings. The van der Waals surface area contributed by atoms with Gasteiger partial charge in [0.15, 0.2) is 11.5 Å². The SMILES string of the molecule is CCCC(NC(=O)c1csnn1)C(N)=NO. The second kappa shape index (κ2) is 6.01. The Hall–Kier alpha value is -1.70. The zero-order chi connectivity index (χ0) is 12.0. The summed E-state index contributed by atoms with van der Waals surface area (Å²) in [6.45, 7) is 1.94. The number of hydrogen-bond donors (Lipinski definition) is 3. The maximum atomic E-state index is 11.6. The largest absolute Gasteiger partial charge is 0.409 e. The maximum Gasteiger partial charge on any atom is 0.273 e. The molecule has 1 rings (SSSR count). The first-order valence-electron chi connectivity index (χ1n) is 4.74. The summed E-state index contributed by atoms with van der Waals surface area (Å²) in [7, 11) is 0. The molecule has 1 aromatic heterocycles. The minimum Gasteiger partial charge on any atom is -0.409 e. The molecular weight excluding hydrogens is 230 g/mol. The molecule has 1 amide bonds. The third kappa shape index (κ3) is 3.16. The summed E-state index contributed by atoms with van der Waals surface area (Å²) < 4.78 is 3.58. The number of rotatable bonds is 5. The van der Waals surface area contributed by atoms with E-state index in [1.807, 2.05) is 6.92 Å². The van der Waals surface area contributed by atoms with E-state index in [1.54, 1.807) is 0 Å². The molecule has 4 N–H and O–H groups in total. The van der Waals surface area contributed by atoms with Gasteiger partial charge >= 0.3 is 0 Å². The van der Waals surface area contributed by atoms with Gasteiger partial charge in [0, 0.05) is 5.38 Å². The lowest BCUT2D eigenvalue weighted by Gasteiger charge is -2.15. The molecule has 1 heterocycles. The highest BCUT2D eigenvalue weighted by Gasteiger charge is 2.18. The van der Waals surface area contributed by atoms with Crippen LogP contribution in [0.2, 0.25) is 0 Å². The summed E-state index contributed by atoms with van der Waals surface area (Å²) in [5.41, 5.74) is 5.69. The van der Waals surface area contributed by atoms with Crippen LogP contribution in [-0.2, 0) is 0 Å². The van der Waals surface area contributed by atoms with Gasteiger partial charge in [-0.05, 0) is 18.0 Å². The second-order valence-electron chi connectivity index (χ2n) is 3.13. The van der Waals surface area contributed by atoms with Crippen molar-refractivity contribution in [3.63, 3.8) is 0 Å². The Bertz CT molecular complexity index is 365. The number of carbonyl (C=O) groups excluding carboxylic acids is 1. The molecule has 16 heavy (non-hydrogen) atoms. The third-order valence-corrected chi connectivity index (χ3v) is 2.45. The predicted molar refractivity (Wildman–Crippen MR) is 59.5 cm³/mol. The van der Waals surface area contributed by atoms with Gasteiger partial charge < -0.3 is 16.3 Å². The number of amidine groups is 1. The van der Waals surface area contributed by atoms with Crippen LogP contribution in [-0.4, -0.2) is 32.6 Å². The minimum atomic E-state index is -0.482. The third-order valence-electron chi connectivity index (χ3n) is 1.95. The van der Waals surface area contributed by atoms with Crippen LogP contribution in [0.1, 0.15) is 30.3 Å². The monoisotopic (exact) mass is 243 g/mol. The highest BCUT2D eigenvalue weighted by Crippen LogP contribution is 2.01. The van der Waals surface area contributed by atoms with E-state index in [4.69, 9.17) is 10.9 Å². The summed E-state index contributed by atoms with van der Waals surface area (Å²) in [6, 6.07) is -0.482. The molecule has 0 saturated heterocycles. The van der Waals surface area contributed by atoms with E-state index in [0.717, 1.165) is 18.0 Å². The number of carbonyl (C=O) groups is 1. The Morgan fingerprint density at radius 1 is 1.81 bits per heavy atom. The molecule has 1 unspecified atom stereocenters. The topological polar surface area (TPSA) is 113 Å². The maximum absolute atomic E-state index is 11.6. The first kappa shape index (κ1) is 12.4. The fraction of sp³-hybridized carbons (Fsp3) is 0.500. The summed E-state index contributed by atoms with van der Waals surface area (Å²) in [5.74, 6) is -0.391. The Balaban J connectivity index is 2.65. The zero-order valence-electron chi connectivity index (χ0n) is 8.75. The van der Waals surface area contributed by atoms with Crippen molar-refractivity contribution in [3.8, 4) is 0 Å². The van der Waals surface area contributed by atoms with Crippen molar-refractivity contribution in [1.29, 1.82) is 0 Å². The van der Waals surface area contributed by atoms with Gasteiger partial charge in [-0.3, -0.25) is 4.79 Å². The number of nitrogens with zero attached hydrogens (tertiary/aromatic N) is 3. The van der Waals surface area contributed by atoms with Crippen molar-refractivity contribution in [1.82, 2.24) is 14.9 Å². The van der Waals surface area contributed by atoms with Gasteiger partial charge in [-0.15, -0.1) is 5.10 Å². The van der Waals surface area contributed by atoms with E-state index >= 15 is 0 Å². The van der Waals surface area contributed by atoms with Gasteiger partial charge in [0.25, 0.3) is 5.91 Å². The molecule has 0 aliphatic carbocycles. The Kier molecular flexibility index (Phi) is 4.65. The molecule has 1 aromatic rings. The van der Waals surface area contributed by atoms with Crippen LogP contribution < -0.4 is 11.1 Å². The van der Waals surface area contributed by atoms with E-state index < -0.39 is 6.04 Å². The van der Waals surface area contributed by atoms with Crippen molar-refractivity contribution in [2.24, 2.45) is 10.9 Å². The lowest BCUT2D eigenvalue weighted by molar-refractivity contribution is 0.0940. The quantitative estimate of drug-likeness (QED) is 0.295. The molecule has 0 aliphatic rings. The predicted octanol–water partition coefficient (Wildman–Crippen LogP) is 0.183. The van der Waals surface area contributed by atoms with Crippen LogP contribution >= 0.6 is 11.5 Å². The summed E-state index contributed by atoms with van der Waals surface area (Å²) in [5, 5.41) is 19.2. The lowest BCUT2D eigenvalue weighted by atomic mass is 10.1. The molecule has 7 nitrogen and oxygen atoms in total. The number of amides is 1. The molecule has 8 heteroatoms. The molecule has 0 saturated carbocycles. The smallest absolute Gasteiger partial charge is 0.273 e. The molecule has 0 radical (unpaired) electrons. The fourth-order valence-corrected chi connectivity index (χ4v) is 1.58. The van der Waals surface area contributed by atoms with Crippen LogP contribution in [0.3, 0.4) is 0 Å². The Labute approximate surface area is 96.5 Å². The highest BCUT2D eigenvalue weighted by atomic mass is 32.1. The van der Waals surface area contributed by atoms with Gasteiger partial charge in [0.05, 0.1) is 6.04 Å². The molecule has 0 aromatic carbocycles. The van der Waals surface area contributed by atoms with E-state index in [0.29, 0.717) is 6.42 Å². The second-order valence-corrected chi connectivity index (χ2v) is 3.74. The average Bonchev–Trinajstić information content (AvgIpc) is 2.80. The number of nitrogens with two attached hydrogens (primary N) is 1. The van der Waals surface area contributed by atoms with Gasteiger partial charge in [-0.2, -0.15) is 0 Å². The Morgan fingerprint density at radius 2 is 2.56 bits per heavy atom. The first-order chi connectivity index (χ1) is 7.69. The lowest BCUT2D eigenvalue weighted by Crippen LogP contribution is -2.44. The average molecular weight is 243 g/mol. The van der Waals surface area contributed by atoms with Crippen LogP contribution in [0.15, 0.2) is 10.5 Å². The fourth-order valence-electron chi connectivity index (χ4n) is 1.15. The number of aromatic nitrogens is 2. The zero-order valence-corrected chi connectivity index (χ0v) is 9.57. The van der Waals surface area contributed by atoms with E-state index in [2.05, 4.69) is 20.1 Å². The molecular formula is C8H13N5O2S. The molecule has 0 aliphatic heterocycles. The molecule has 0 bridgehead atoms. The van der Waals surface area contributed by atoms with Gasteiger partial charge in [0.1, 0.15) is 0 Å². The first-order valence-corrected chi connectivity index (χ1v) is 5.58. The summed E-state index contributed by atoms with van der Waals surface area (Å²) >= 11 is 1.09. The summed E-state index contributed by atoms with van der Waals surface area (Å²) in [4.78, 5) is 11.6. The summed E-state index contributed by atoms with van der Waals surface area (Å²) in [6.07, 6.45) is 1.40. The minimum absolute atomic E-state index is 0.0154. The van der Waals surface area contributed by atoms with Gasteiger partial charge in [-0.25, -0.2) is 0 Å². The Morgan fingerprint density at radius 3 is 3.06 bits per heavy atom. The van der Waals surface area contributed by atoms with Crippen molar-refractivity contribution in [2.45, 2.75) is 25.8 Å². The van der Waals surface area contributed by atoms with Crippen LogP contribution in [0.25, 0.3) is 0 Å². The van der Waals surface area contributed by atoms with Crippen LogP contribution in [0, 0.1) is 0 Å². The van der Waals surface area contributed by atoms with E-state index in [-0.39, 0.29) is 17.4 Å². The molecule has 88 valence electrons. The standard InChI is InChI=1S/C8H13N5O2S/c1-2-3-5(7(9)12-15)10-8(14)6-4-16-13-11-6/h4-5,15H,2-3H2,1H3,(H2,9,12)(H,10,14). The normalized spacial score (nSPS) is 13.4. The number of nitrogens with one attached hydrogen (secondary N) is 1. The highest BCUT2D eigenvalue weighted by molar-refractivity contribution is 7.03. The molecule has 1 atom stereocenters. The van der Waals surface area contributed by atoms with Crippen molar-refractivity contribution >= 4 is 23.3 Å². The van der Waals surface area contributed by atoms with Crippen molar-refractivity contribution < 1.29 is 10.0 Å². The number of oxime groups is 1. The molecule has 0 spiro atoms. The van der Waals surface area contributed by atoms with Gasteiger partial charge in [-0.1, -0.05) is 23.0 Å².